The normalized spacial score (nSPS) is 18.1. The summed E-state index contributed by atoms with van der Waals surface area (Å²) >= 11 is 5.94. The van der Waals surface area contributed by atoms with Gasteiger partial charge in [0, 0.05) is 5.02 Å². The summed E-state index contributed by atoms with van der Waals surface area (Å²) in [7, 11) is -4.21. The molecule has 142 valence electrons. The average molecular weight is 412 g/mol. The van der Waals surface area contributed by atoms with Crippen LogP contribution in [-0.4, -0.2) is 31.2 Å². The van der Waals surface area contributed by atoms with Gasteiger partial charge in [0.1, 0.15) is 5.82 Å². The Morgan fingerprint density at radius 1 is 1.22 bits per heavy atom. The summed E-state index contributed by atoms with van der Waals surface area (Å²) in [6, 6.07) is 8.96. The van der Waals surface area contributed by atoms with Crippen LogP contribution in [0.5, 0.6) is 0 Å². The number of sulfonamides is 1. The third-order valence-electron chi connectivity index (χ3n) is 4.11. The van der Waals surface area contributed by atoms with Gasteiger partial charge < -0.3 is 4.74 Å². The van der Waals surface area contributed by atoms with Crippen molar-refractivity contribution in [1.29, 1.82) is 0 Å². The Morgan fingerprint density at radius 2 is 1.89 bits per heavy atom. The van der Waals surface area contributed by atoms with Crippen LogP contribution in [0.15, 0.2) is 47.4 Å². The highest BCUT2D eigenvalue weighted by molar-refractivity contribution is 7.89. The molecule has 6 nitrogen and oxygen atoms in total. The van der Waals surface area contributed by atoms with E-state index in [2.05, 4.69) is 0 Å². The lowest BCUT2D eigenvalue weighted by molar-refractivity contribution is -0.150. The summed E-state index contributed by atoms with van der Waals surface area (Å²) in [5.41, 5.74) is 0.384. The molecule has 0 aromatic heterocycles. The highest BCUT2D eigenvalue weighted by Crippen LogP contribution is 2.37. The fourth-order valence-electron chi connectivity index (χ4n) is 2.87. The maximum Gasteiger partial charge on any atom is 0.323 e. The summed E-state index contributed by atoms with van der Waals surface area (Å²) in [5.74, 6) is -3.73. The number of nitrogens with zero attached hydrogens (tertiary/aromatic N) is 1. The minimum atomic E-state index is -4.21. The lowest BCUT2D eigenvalue weighted by Crippen LogP contribution is -2.46. The zero-order valence-electron chi connectivity index (χ0n) is 14.2. The van der Waals surface area contributed by atoms with Gasteiger partial charge in [-0.2, -0.15) is 0 Å². The number of hydrogen-bond donors (Lipinski definition) is 0. The van der Waals surface area contributed by atoms with E-state index in [1.54, 1.807) is 6.92 Å². The first-order chi connectivity index (χ1) is 12.8. The zero-order valence-corrected chi connectivity index (χ0v) is 15.8. The molecule has 0 fully saturated rings. The van der Waals surface area contributed by atoms with Crippen molar-refractivity contribution < 1.29 is 27.1 Å². The molecule has 1 heterocycles. The number of ether oxygens (including phenoxy) is 1. The van der Waals surface area contributed by atoms with Crippen molar-refractivity contribution >= 4 is 33.5 Å². The molecule has 0 spiro atoms. The molecular weight excluding hydrogens is 397 g/mol. The average Bonchev–Trinajstić information content (AvgIpc) is 2.60. The van der Waals surface area contributed by atoms with Crippen molar-refractivity contribution in [2.75, 3.05) is 6.61 Å². The Labute approximate surface area is 160 Å². The van der Waals surface area contributed by atoms with Gasteiger partial charge in [-0.15, -0.1) is 0 Å². The van der Waals surface area contributed by atoms with Crippen LogP contribution in [0.2, 0.25) is 5.02 Å². The highest BCUT2D eigenvalue weighted by atomic mass is 35.5. The second-order valence-corrected chi connectivity index (χ2v) is 8.11. The Morgan fingerprint density at radius 3 is 2.52 bits per heavy atom. The predicted molar refractivity (Wildman–Crippen MR) is 95.0 cm³/mol. The van der Waals surface area contributed by atoms with Crippen LogP contribution in [0.4, 0.5) is 4.39 Å². The number of fused-ring (bicyclic) bond motifs is 1. The molecule has 1 amide bonds. The van der Waals surface area contributed by atoms with Crippen LogP contribution in [0, 0.1) is 5.82 Å². The van der Waals surface area contributed by atoms with Gasteiger partial charge in [0.05, 0.1) is 18.0 Å². The molecule has 0 saturated carbocycles. The van der Waals surface area contributed by atoms with Crippen LogP contribution in [0.1, 0.15) is 24.0 Å². The van der Waals surface area contributed by atoms with E-state index >= 15 is 0 Å². The van der Waals surface area contributed by atoms with Crippen molar-refractivity contribution in [2.45, 2.75) is 24.3 Å². The molecule has 0 N–H and O–H groups in total. The van der Waals surface area contributed by atoms with Crippen LogP contribution >= 0.6 is 11.6 Å². The van der Waals surface area contributed by atoms with E-state index in [0.717, 1.165) is 12.1 Å². The van der Waals surface area contributed by atoms with E-state index in [4.69, 9.17) is 16.3 Å². The van der Waals surface area contributed by atoms with E-state index in [-0.39, 0.29) is 28.6 Å². The molecule has 9 heteroatoms. The van der Waals surface area contributed by atoms with E-state index < -0.39 is 33.6 Å². The minimum Gasteiger partial charge on any atom is -0.465 e. The van der Waals surface area contributed by atoms with Crippen molar-refractivity contribution in [3.05, 3.63) is 64.4 Å². The Hall–Kier alpha value is -2.45. The molecule has 1 aliphatic heterocycles. The molecule has 2 aromatic carbocycles. The van der Waals surface area contributed by atoms with Crippen molar-refractivity contribution in [3.8, 4) is 0 Å². The van der Waals surface area contributed by atoms with Gasteiger partial charge >= 0.3 is 5.97 Å². The maximum atomic E-state index is 13.1. The lowest BCUT2D eigenvalue weighted by Gasteiger charge is -2.32. The van der Waals surface area contributed by atoms with Crippen LogP contribution in [0.25, 0.3) is 0 Å². The van der Waals surface area contributed by atoms with Crippen molar-refractivity contribution in [3.63, 3.8) is 0 Å². The largest absolute Gasteiger partial charge is 0.465 e. The number of carbonyl (C=O) groups excluding carboxylic acids is 2. The van der Waals surface area contributed by atoms with Crippen LogP contribution in [-0.2, 0) is 30.9 Å². The maximum absolute atomic E-state index is 13.1. The molecule has 27 heavy (non-hydrogen) atoms. The third kappa shape index (κ3) is 3.54. The number of esters is 1. The molecule has 0 saturated heterocycles. The van der Waals surface area contributed by atoms with E-state index in [9.17, 15) is 22.4 Å². The van der Waals surface area contributed by atoms with Gasteiger partial charge in [0.2, 0.25) is 0 Å². The number of amides is 1. The van der Waals surface area contributed by atoms with Gasteiger partial charge in [0.25, 0.3) is 15.9 Å². The van der Waals surface area contributed by atoms with Crippen molar-refractivity contribution in [2.24, 2.45) is 0 Å². The topological polar surface area (TPSA) is 80.8 Å². The molecule has 1 aliphatic rings. The monoisotopic (exact) mass is 411 g/mol. The van der Waals surface area contributed by atoms with Crippen molar-refractivity contribution in [1.82, 2.24) is 4.31 Å². The third-order valence-corrected chi connectivity index (χ3v) is 6.16. The minimum absolute atomic E-state index is 0.0127. The number of hydrogen-bond acceptors (Lipinski definition) is 5. The molecule has 2 aromatic rings. The van der Waals surface area contributed by atoms with Crippen LogP contribution in [0.3, 0.4) is 0 Å². The molecular formula is C18H15ClFNO5S. The second kappa shape index (κ2) is 7.28. The van der Waals surface area contributed by atoms with E-state index in [0.29, 0.717) is 9.87 Å². The SMILES string of the molecule is CCOC(=O)C1C(=O)N(Cc2ccc(F)cc2)S(=O)(=O)c2ccc(Cl)cc21. The Bertz CT molecular complexity index is 1010. The first-order valence-electron chi connectivity index (χ1n) is 8.02. The molecule has 0 radical (unpaired) electrons. The summed E-state index contributed by atoms with van der Waals surface area (Å²) in [6.07, 6.45) is 0. The summed E-state index contributed by atoms with van der Waals surface area (Å²) < 4.78 is 44.6. The molecule has 1 atom stereocenters. The fourth-order valence-corrected chi connectivity index (χ4v) is 4.66. The number of rotatable bonds is 4. The Balaban J connectivity index is 2.12. The molecule has 0 bridgehead atoms. The standard InChI is InChI=1S/C18H15ClFNO5S/c1-2-26-18(23)16-14-9-12(19)5-8-15(14)27(24,25)21(17(16)22)10-11-3-6-13(20)7-4-11/h3-9,16H,2,10H2,1H3. The second-order valence-electron chi connectivity index (χ2n) is 5.84. The van der Waals surface area contributed by atoms with Crippen LogP contribution < -0.4 is 0 Å². The smallest absolute Gasteiger partial charge is 0.323 e. The first kappa shape index (κ1) is 19.3. The van der Waals surface area contributed by atoms with Gasteiger partial charge in [-0.25, -0.2) is 17.1 Å². The molecule has 3 rings (SSSR count). The molecule has 0 aliphatic carbocycles. The summed E-state index contributed by atoms with van der Waals surface area (Å²) in [4.78, 5) is 25.1. The number of halogens is 2. The highest BCUT2D eigenvalue weighted by Gasteiger charge is 2.47. The number of carbonyl (C=O) groups is 2. The van der Waals surface area contributed by atoms with Gasteiger partial charge in [-0.3, -0.25) is 9.59 Å². The molecule has 1 unspecified atom stereocenters. The number of benzene rings is 2. The van der Waals surface area contributed by atoms with Gasteiger partial charge in [-0.05, 0) is 48.4 Å². The predicted octanol–water partition coefficient (Wildman–Crippen LogP) is 2.86. The fraction of sp³-hybridized carbons (Fsp3) is 0.222. The summed E-state index contributed by atoms with van der Waals surface area (Å²) in [5, 5.41) is 0.193. The summed E-state index contributed by atoms with van der Waals surface area (Å²) in [6.45, 7) is 1.28. The zero-order chi connectivity index (χ0) is 19.8. The van der Waals surface area contributed by atoms with E-state index in [1.807, 2.05) is 0 Å². The van der Waals surface area contributed by atoms with Gasteiger partial charge in [-0.1, -0.05) is 23.7 Å². The Kier molecular flexibility index (Phi) is 5.21. The quantitative estimate of drug-likeness (QED) is 0.571. The van der Waals surface area contributed by atoms with E-state index in [1.165, 1.54) is 30.3 Å². The first-order valence-corrected chi connectivity index (χ1v) is 9.84. The lowest BCUT2D eigenvalue weighted by atomic mass is 9.97. The van der Waals surface area contributed by atoms with Gasteiger partial charge in [0.15, 0.2) is 5.92 Å².